The minimum absolute atomic E-state index is 0.00283. The number of carbonyl (C=O) groups is 1. The Morgan fingerprint density at radius 1 is 1.69 bits per heavy atom. The molecule has 0 spiro atoms. The van der Waals surface area contributed by atoms with Crippen molar-refractivity contribution in [1.29, 1.82) is 0 Å². The van der Waals surface area contributed by atoms with E-state index in [9.17, 15) is 4.79 Å². The van der Waals surface area contributed by atoms with Gasteiger partial charge in [-0.15, -0.1) is 0 Å². The molecule has 4 nitrogen and oxygen atoms in total. The van der Waals surface area contributed by atoms with Gasteiger partial charge in [0.15, 0.2) is 0 Å². The van der Waals surface area contributed by atoms with Gasteiger partial charge in [-0.3, -0.25) is 4.79 Å². The van der Waals surface area contributed by atoms with E-state index in [4.69, 9.17) is 0 Å². The molecule has 0 radical (unpaired) electrons. The van der Waals surface area contributed by atoms with Crippen molar-refractivity contribution in [2.45, 2.75) is 32.7 Å². The minimum atomic E-state index is 0.00283. The number of H-pyrrole nitrogens is 1. The summed E-state index contributed by atoms with van der Waals surface area (Å²) < 4.78 is 0. The maximum absolute atomic E-state index is 11.6. The van der Waals surface area contributed by atoms with Gasteiger partial charge in [0.05, 0.1) is 6.04 Å². The van der Waals surface area contributed by atoms with Crippen molar-refractivity contribution in [2.24, 2.45) is 0 Å². The lowest BCUT2D eigenvalue weighted by Gasteiger charge is -2.14. The van der Waals surface area contributed by atoms with Crippen molar-refractivity contribution in [3.63, 3.8) is 0 Å². The molecule has 1 aromatic heterocycles. The molecule has 90 valence electrons. The number of hydrogen-bond acceptors (Lipinski definition) is 3. The molecule has 1 atom stereocenters. The third-order valence-corrected chi connectivity index (χ3v) is 2.94. The molecule has 0 aliphatic rings. The van der Waals surface area contributed by atoms with Crippen molar-refractivity contribution >= 4 is 17.7 Å². The molecule has 1 heterocycles. The van der Waals surface area contributed by atoms with Crippen LogP contribution in [0.4, 0.5) is 0 Å². The molecule has 1 aromatic rings. The molecule has 0 fully saturated rings. The number of nitrogens with zero attached hydrogens (tertiary/aromatic N) is 1. The van der Waals surface area contributed by atoms with E-state index in [2.05, 4.69) is 15.3 Å². The first-order valence-corrected chi connectivity index (χ1v) is 6.86. The molecule has 16 heavy (non-hydrogen) atoms. The fourth-order valence-electron chi connectivity index (χ4n) is 1.44. The third-order valence-electron chi connectivity index (χ3n) is 2.33. The van der Waals surface area contributed by atoms with Crippen LogP contribution in [0.3, 0.4) is 0 Å². The first kappa shape index (κ1) is 13.1. The maximum Gasteiger partial charge on any atom is 0.221 e. The Bertz CT molecular complexity index is 338. The Morgan fingerprint density at radius 3 is 2.94 bits per heavy atom. The number of aromatic amines is 1. The van der Waals surface area contributed by atoms with Crippen molar-refractivity contribution in [2.75, 3.05) is 12.0 Å². The summed E-state index contributed by atoms with van der Waals surface area (Å²) in [6.07, 6.45) is 5.20. The summed E-state index contributed by atoms with van der Waals surface area (Å²) in [5, 5.41) is 2.99. The number of aryl methyl sites for hydroxylation is 1. The number of amides is 1. The first-order valence-electron chi connectivity index (χ1n) is 5.47. The smallest absolute Gasteiger partial charge is 0.221 e. The van der Waals surface area contributed by atoms with E-state index in [0.717, 1.165) is 23.7 Å². The zero-order valence-electron chi connectivity index (χ0n) is 10.0. The number of thioether (sulfide) groups is 1. The van der Waals surface area contributed by atoms with Gasteiger partial charge >= 0.3 is 0 Å². The number of aromatic nitrogens is 2. The van der Waals surface area contributed by atoms with Gasteiger partial charge in [0, 0.05) is 24.1 Å². The van der Waals surface area contributed by atoms with Crippen molar-refractivity contribution in [3.8, 4) is 0 Å². The van der Waals surface area contributed by atoms with Crippen LogP contribution in [0.1, 0.15) is 37.3 Å². The van der Waals surface area contributed by atoms with Crippen molar-refractivity contribution in [3.05, 3.63) is 17.7 Å². The Kier molecular flexibility index (Phi) is 5.38. The second-order valence-corrected chi connectivity index (χ2v) is 4.71. The zero-order valence-corrected chi connectivity index (χ0v) is 10.9. The maximum atomic E-state index is 11.6. The summed E-state index contributed by atoms with van der Waals surface area (Å²) in [4.78, 5) is 19.0. The number of nitrogens with one attached hydrogen (secondary N) is 2. The minimum Gasteiger partial charge on any atom is -0.346 e. The van der Waals surface area contributed by atoms with Gasteiger partial charge in [0.2, 0.25) is 5.91 Å². The average molecular weight is 241 g/mol. The van der Waals surface area contributed by atoms with E-state index in [1.165, 1.54) is 0 Å². The molecule has 0 saturated heterocycles. The SMILES string of the molecule is CC[C@@H](NC(=O)CCSC)c1ncc(C)[nH]1. The first-order chi connectivity index (χ1) is 7.67. The van der Waals surface area contributed by atoms with Gasteiger partial charge in [-0.25, -0.2) is 4.98 Å². The normalized spacial score (nSPS) is 12.4. The van der Waals surface area contributed by atoms with Crippen LogP contribution in [0.5, 0.6) is 0 Å². The van der Waals surface area contributed by atoms with E-state index in [1.54, 1.807) is 18.0 Å². The van der Waals surface area contributed by atoms with Crippen molar-refractivity contribution < 1.29 is 4.79 Å². The van der Waals surface area contributed by atoms with Crippen LogP contribution in [-0.2, 0) is 4.79 Å². The van der Waals surface area contributed by atoms with Gasteiger partial charge in [0.1, 0.15) is 5.82 Å². The highest BCUT2D eigenvalue weighted by molar-refractivity contribution is 7.98. The van der Waals surface area contributed by atoms with E-state index < -0.39 is 0 Å². The van der Waals surface area contributed by atoms with E-state index in [1.807, 2.05) is 20.1 Å². The Balaban J connectivity index is 2.52. The van der Waals surface area contributed by atoms with E-state index in [0.29, 0.717) is 6.42 Å². The zero-order chi connectivity index (χ0) is 12.0. The summed E-state index contributed by atoms with van der Waals surface area (Å²) in [6.45, 7) is 4.00. The van der Waals surface area contributed by atoms with Crippen molar-refractivity contribution in [1.82, 2.24) is 15.3 Å². The molecule has 1 rings (SSSR count). The fourth-order valence-corrected chi connectivity index (χ4v) is 1.82. The average Bonchev–Trinajstić information content (AvgIpc) is 2.69. The molecule has 0 aliphatic carbocycles. The molecule has 5 heteroatoms. The third kappa shape index (κ3) is 3.89. The largest absolute Gasteiger partial charge is 0.346 e. The highest BCUT2D eigenvalue weighted by Gasteiger charge is 2.14. The lowest BCUT2D eigenvalue weighted by molar-refractivity contribution is -0.121. The molecular weight excluding hydrogens is 222 g/mol. The highest BCUT2D eigenvalue weighted by Crippen LogP contribution is 2.13. The molecule has 0 aliphatic heterocycles. The van der Waals surface area contributed by atoms with Crippen LogP contribution < -0.4 is 5.32 Å². The lowest BCUT2D eigenvalue weighted by Crippen LogP contribution is -2.29. The monoisotopic (exact) mass is 241 g/mol. The predicted octanol–water partition coefficient (Wildman–Crippen LogP) is 2.04. The van der Waals surface area contributed by atoms with Crippen LogP contribution in [-0.4, -0.2) is 27.9 Å². The Morgan fingerprint density at radius 2 is 2.44 bits per heavy atom. The standard InChI is InChI=1S/C11H19N3OS/c1-4-9(11-12-7-8(2)13-11)14-10(15)5-6-16-3/h7,9H,4-6H2,1-3H3,(H,12,13)(H,14,15)/t9-/m1/s1. The summed E-state index contributed by atoms with van der Waals surface area (Å²) >= 11 is 1.68. The second-order valence-electron chi connectivity index (χ2n) is 3.72. The Labute approximate surface area is 101 Å². The van der Waals surface area contributed by atoms with Crippen LogP contribution in [0.25, 0.3) is 0 Å². The number of imidazole rings is 1. The van der Waals surface area contributed by atoms with Gasteiger partial charge in [-0.1, -0.05) is 6.92 Å². The molecule has 0 saturated carbocycles. The van der Waals surface area contributed by atoms with Crippen LogP contribution >= 0.6 is 11.8 Å². The summed E-state index contributed by atoms with van der Waals surface area (Å²) in [5.41, 5.74) is 1.02. The molecule has 1 amide bonds. The second kappa shape index (κ2) is 6.58. The molecule has 0 aromatic carbocycles. The molecule has 0 unspecified atom stereocenters. The summed E-state index contributed by atoms with van der Waals surface area (Å²) in [6, 6.07) is 0.00283. The summed E-state index contributed by atoms with van der Waals surface area (Å²) in [5.74, 6) is 1.80. The number of rotatable bonds is 6. The van der Waals surface area contributed by atoms with Gasteiger partial charge < -0.3 is 10.3 Å². The van der Waals surface area contributed by atoms with E-state index in [-0.39, 0.29) is 11.9 Å². The lowest BCUT2D eigenvalue weighted by atomic mass is 10.2. The summed E-state index contributed by atoms with van der Waals surface area (Å²) in [7, 11) is 0. The Hall–Kier alpha value is -0.970. The van der Waals surface area contributed by atoms with E-state index >= 15 is 0 Å². The quantitative estimate of drug-likeness (QED) is 0.801. The van der Waals surface area contributed by atoms with Gasteiger partial charge in [-0.2, -0.15) is 11.8 Å². The molecular formula is C11H19N3OS. The molecule has 0 bridgehead atoms. The predicted molar refractivity (Wildman–Crippen MR) is 67.5 cm³/mol. The van der Waals surface area contributed by atoms with Gasteiger partial charge in [0.25, 0.3) is 0 Å². The topological polar surface area (TPSA) is 57.8 Å². The van der Waals surface area contributed by atoms with Crippen LogP contribution in [0.2, 0.25) is 0 Å². The number of hydrogen-bond donors (Lipinski definition) is 2. The highest BCUT2D eigenvalue weighted by atomic mass is 32.2. The fraction of sp³-hybridized carbons (Fsp3) is 0.636. The molecule has 2 N–H and O–H groups in total. The number of carbonyl (C=O) groups excluding carboxylic acids is 1. The van der Waals surface area contributed by atoms with Crippen LogP contribution in [0, 0.1) is 6.92 Å². The van der Waals surface area contributed by atoms with Gasteiger partial charge in [-0.05, 0) is 19.6 Å². The van der Waals surface area contributed by atoms with Crippen LogP contribution in [0.15, 0.2) is 6.20 Å².